The molecule has 26 heavy (non-hydrogen) atoms. The van der Waals surface area contributed by atoms with E-state index in [0.717, 1.165) is 16.8 Å². The second kappa shape index (κ2) is 8.25. The van der Waals surface area contributed by atoms with Crippen LogP contribution >= 0.6 is 12.8 Å². The van der Waals surface area contributed by atoms with Gasteiger partial charge in [-0.05, 0) is 24.1 Å². The highest BCUT2D eigenvalue weighted by molar-refractivity contribution is 7.77. The zero-order chi connectivity index (χ0) is 18.5. The quantitative estimate of drug-likeness (QED) is 0.628. The van der Waals surface area contributed by atoms with Crippen LogP contribution in [0.5, 0.6) is 0 Å². The monoisotopic (exact) mass is 371 g/mol. The number of fused-ring (bicyclic) bond motifs is 2. The summed E-state index contributed by atoms with van der Waals surface area (Å²) >= 11 is 4.02. The number of para-hydroxylation sites is 2. The Morgan fingerprint density at radius 2 is 1.73 bits per heavy atom. The van der Waals surface area contributed by atoms with Crippen molar-refractivity contribution in [3.05, 3.63) is 59.7 Å². The van der Waals surface area contributed by atoms with Crippen LogP contribution in [0.4, 0.5) is 16.2 Å². The van der Waals surface area contributed by atoms with Crippen LogP contribution in [-0.2, 0) is 16.0 Å². The Kier molecular flexibility index (Phi) is 5.80. The van der Waals surface area contributed by atoms with Crippen LogP contribution in [0.3, 0.4) is 0 Å². The van der Waals surface area contributed by atoms with E-state index in [4.69, 9.17) is 10.5 Å². The number of thiol groups is 1. The van der Waals surface area contributed by atoms with Crippen molar-refractivity contribution in [2.24, 2.45) is 5.73 Å². The minimum Gasteiger partial charge on any atom is -0.459 e. The third-order valence-corrected chi connectivity index (χ3v) is 4.84. The number of rotatable bonds is 2. The standard InChI is InChI=1S/C16H14N2O3.C3H7NS/c17-16(20)18-13-7-3-1-5-11(13)9-15(21-10-19)12-6-2-4-8-14(12)18;5-4-2-1-3-4/h1-8,10,15H,9H2,(H2,17,20);5H,1-3H2/t15-;/m0./s1. The Morgan fingerprint density at radius 1 is 1.12 bits per heavy atom. The predicted molar refractivity (Wildman–Crippen MR) is 103 cm³/mol. The number of urea groups is 1. The van der Waals surface area contributed by atoms with Crippen molar-refractivity contribution in [2.75, 3.05) is 18.0 Å². The fraction of sp³-hybridized carbons (Fsp3) is 0.263. The van der Waals surface area contributed by atoms with E-state index in [0.29, 0.717) is 18.6 Å². The van der Waals surface area contributed by atoms with Gasteiger partial charge < -0.3 is 10.5 Å². The molecule has 6 nitrogen and oxygen atoms in total. The van der Waals surface area contributed by atoms with Crippen LogP contribution in [0.15, 0.2) is 48.5 Å². The van der Waals surface area contributed by atoms with E-state index in [2.05, 4.69) is 12.8 Å². The van der Waals surface area contributed by atoms with Gasteiger partial charge in [-0.15, -0.1) is 0 Å². The molecule has 0 unspecified atom stereocenters. The molecule has 136 valence electrons. The number of nitrogens with two attached hydrogens (primary N) is 1. The molecule has 1 saturated heterocycles. The van der Waals surface area contributed by atoms with Crippen molar-refractivity contribution in [2.45, 2.75) is 18.9 Å². The fourth-order valence-corrected chi connectivity index (χ4v) is 3.31. The maximum absolute atomic E-state index is 11.9. The molecule has 0 saturated carbocycles. The number of nitrogens with zero attached hydrogens (tertiary/aromatic N) is 2. The van der Waals surface area contributed by atoms with Crippen molar-refractivity contribution in [1.29, 1.82) is 0 Å². The number of carbonyl (C=O) groups is 2. The molecule has 2 aromatic rings. The minimum atomic E-state index is -0.568. The molecule has 0 spiro atoms. The van der Waals surface area contributed by atoms with E-state index in [-0.39, 0.29) is 0 Å². The summed E-state index contributed by atoms with van der Waals surface area (Å²) in [6, 6.07) is 14.2. The summed E-state index contributed by atoms with van der Waals surface area (Å²) in [7, 11) is 0. The van der Waals surface area contributed by atoms with E-state index in [1.54, 1.807) is 6.07 Å². The molecule has 2 N–H and O–H groups in total. The van der Waals surface area contributed by atoms with Crippen molar-refractivity contribution >= 4 is 36.7 Å². The molecular formula is C19H21N3O3S. The average molecular weight is 371 g/mol. The lowest BCUT2D eigenvalue weighted by molar-refractivity contribution is -0.133. The van der Waals surface area contributed by atoms with Crippen molar-refractivity contribution < 1.29 is 14.3 Å². The van der Waals surface area contributed by atoms with Crippen LogP contribution in [0, 0.1) is 0 Å². The topological polar surface area (TPSA) is 75.9 Å². The summed E-state index contributed by atoms with van der Waals surface area (Å²) in [5.41, 5.74) is 8.59. The van der Waals surface area contributed by atoms with Crippen LogP contribution in [-0.4, -0.2) is 29.9 Å². The summed E-state index contributed by atoms with van der Waals surface area (Å²) in [6.07, 6.45) is 1.39. The molecule has 2 aliphatic rings. The Labute approximate surface area is 158 Å². The van der Waals surface area contributed by atoms with Gasteiger partial charge in [-0.2, -0.15) is 0 Å². The van der Waals surface area contributed by atoms with Gasteiger partial charge in [0, 0.05) is 25.1 Å². The molecule has 0 radical (unpaired) electrons. The maximum Gasteiger partial charge on any atom is 0.323 e. The Morgan fingerprint density at radius 3 is 2.31 bits per heavy atom. The van der Waals surface area contributed by atoms with E-state index in [1.165, 1.54) is 24.4 Å². The Balaban J connectivity index is 0.000000339. The smallest absolute Gasteiger partial charge is 0.323 e. The summed E-state index contributed by atoms with van der Waals surface area (Å²) in [4.78, 5) is 24.2. The van der Waals surface area contributed by atoms with E-state index in [1.807, 2.05) is 46.8 Å². The second-order valence-corrected chi connectivity index (χ2v) is 6.66. The maximum atomic E-state index is 11.9. The summed E-state index contributed by atoms with van der Waals surface area (Å²) in [5, 5.41) is 0. The van der Waals surface area contributed by atoms with Gasteiger partial charge in [0.15, 0.2) is 0 Å². The molecule has 1 atom stereocenters. The largest absolute Gasteiger partial charge is 0.459 e. The van der Waals surface area contributed by atoms with E-state index >= 15 is 0 Å². The van der Waals surface area contributed by atoms with Crippen LogP contribution < -0.4 is 10.6 Å². The van der Waals surface area contributed by atoms with Gasteiger partial charge in [0.2, 0.25) is 0 Å². The van der Waals surface area contributed by atoms with Gasteiger partial charge in [0.05, 0.1) is 11.4 Å². The third-order valence-electron chi connectivity index (χ3n) is 4.44. The van der Waals surface area contributed by atoms with Gasteiger partial charge >= 0.3 is 6.03 Å². The zero-order valence-corrected chi connectivity index (χ0v) is 15.1. The minimum absolute atomic E-state index is 0.435. The van der Waals surface area contributed by atoms with Crippen molar-refractivity contribution in [1.82, 2.24) is 4.31 Å². The summed E-state index contributed by atoms with van der Waals surface area (Å²) in [6.45, 7) is 2.80. The van der Waals surface area contributed by atoms with Gasteiger partial charge in [-0.1, -0.05) is 49.2 Å². The number of hydrogen-bond donors (Lipinski definition) is 2. The lowest BCUT2D eigenvalue weighted by Gasteiger charge is -2.23. The number of amides is 2. The van der Waals surface area contributed by atoms with E-state index < -0.39 is 12.1 Å². The number of carbonyl (C=O) groups excluding carboxylic acids is 2. The number of primary amides is 1. The van der Waals surface area contributed by atoms with Crippen LogP contribution in [0.25, 0.3) is 0 Å². The molecule has 0 aliphatic carbocycles. The van der Waals surface area contributed by atoms with Crippen LogP contribution in [0.1, 0.15) is 23.7 Å². The molecule has 4 rings (SSSR count). The molecule has 2 aromatic carbocycles. The highest BCUT2D eigenvalue weighted by Gasteiger charge is 2.29. The number of benzene rings is 2. The zero-order valence-electron chi connectivity index (χ0n) is 14.2. The lowest BCUT2D eigenvalue weighted by Crippen LogP contribution is -2.32. The van der Waals surface area contributed by atoms with Gasteiger partial charge in [-0.25, -0.2) is 4.79 Å². The first-order valence-electron chi connectivity index (χ1n) is 8.41. The molecule has 0 aromatic heterocycles. The molecule has 0 bridgehead atoms. The molecule has 1 fully saturated rings. The van der Waals surface area contributed by atoms with Gasteiger partial charge in [-0.3, -0.25) is 14.0 Å². The lowest BCUT2D eigenvalue weighted by atomic mass is 10.0. The average Bonchev–Trinajstić information content (AvgIpc) is 2.75. The first-order chi connectivity index (χ1) is 12.6. The Bertz CT molecular complexity index is 795. The SMILES string of the molecule is NC(=O)N1c2ccccc2C[C@H](OC=O)c2ccccc21.SN1CCC1. The normalized spacial score (nSPS) is 18.2. The molecule has 2 amide bonds. The fourth-order valence-electron chi connectivity index (χ4n) is 3.03. The van der Waals surface area contributed by atoms with Crippen molar-refractivity contribution in [3.8, 4) is 0 Å². The number of hydrogen-bond acceptors (Lipinski definition) is 5. The summed E-state index contributed by atoms with van der Waals surface area (Å²) in [5.74, 6) is 0. The Hall–Kier alpha value is -2.51. The molecule has 7 heteroatoms. The molecule has 2 aliphatic heterocycles. The first-order valence-corrected chi connectivity index (χ1v) is 8.81. The molecular weight excluding hydrogens is 350 g/mol. The second-order valence-electron chi connectivity index (χ2n) is 6.09. The molecule has 2 heterocycles. The first kappa shape index (κ1) is 18.3. The third kappa shape index (κ3) is 3.84. The van der Waals surface area contributed by atoms with Gasteiger partial charge in [0.25, 0.3) is 6.47 Å². The number of anilines is 2. The van der Waals surface area contributed by atoms with E-state index in [9.17, 15) is 9.59 Å². The van der Waals surface area contributed by atoms with Crippen molar-refractivity contribution in [3.63, 3.8) is 0 Å². The van der Waals surface area contributed by atoms with Crippen LogP contribution in [0.2, 0.25) is 0 Å². The number of ether oxygens (including phenoxy) is 1. The predicted octanol–water partition coefficient (Wildman–Crippen LogP) is 3.21. The summed E-state index contributed by atoms with van der Waals surface area (Å²) < 4.78 is 7.21. The highest BCUT2D eigenvalue weighted by atomic mass is 32.1. The van der Waals surface area contributed by atoms with Gasteiger partial charge in [0.1, 0.15) is 6.10 Å². The highest BCUT2D eigenvalue weighted by Crippen LogP contribution is 2.40.